The van der Waals surface area contributed by atoms with Gasteiger partial charge in [-0.05, 0) is 33.6 Å². The van der Waals surface area contributed by atoms with Crippen molar-refractivity contribution in [1.29, 1.82) is 0 Å². The molecular weight excluding hydrogens is 316 g/mol. The topological polar surface area (TPSA) is 9.23 Å². The minimum atomic E-state index is 0.161. The molecule has 26 heavy (non-hydrogen) atoms. The van der Waals surface area contributed by atoms with E-state index in [2.05, 4.69) is 96.1 Å². The van der Waals surface area contributed by atoms with Crippen molar-refractivity contribution in [3.8, 4) is 0 Å². The SMILES string of the molecule is CO/C(=C/C=C/c1ccc(C(C)(C)C)cc1)c1ccc(C(C)(C)C)cc1. The number of methoxy groups -OCH3 is 1. The average Bonchev–Trinajstić information content (AvgIpc) is 2.58. The molecule has 0 bridgehead atoms. The summed E-state index contributed by atoms with van der Waals surface area (Å²) in [6, 6.07) is 17.3. The van der Waals surface area contributed by atoms with Gasteiger partial charge >= 0.3 is 0 Å². The Hall–Kier alpha value is -2.28. The average molecular weight is 349 g/mol. The first kappa shape index (κ1) is 20.0. The summed E-state index contributed by atoms with van der Waals surface area (Å²) in [6.07, 6.45) is 6.17. The summed E-state index contributed by atoms with van der Waals surface area (Å²) in [4.78, 5) is 0. The first-order valence-electron chi connectivity index (χ1n) is 9.25. The Morgan fingerprint density at radius 3 is 1.62 bits per heavy atom. The van der Waals surface area contributed by atoms with Crippen LogP contribution in [0.3, 0.4) is 0 Å². The molecule has 0 aliphatic carbocycles. The first-order valence-corrected chi connectivity index (χ1v) is 9.25. The lowest BCUT2D eigenvalue weighted by atomic mass is 9.86. The van der Waals surface area contributed by atoms with Gasteiger partial charge in [0.15, 0.2) is 0 Å². The van der Waals surface area contributed by atoms with E-state index >= 15 is 0 Å². The van der Waals surface area contributed by atoms with Gasteiger partial charge in [0, 0.05) is 5.56 Å². The summed E-state index contributed by atoms with van der Waals surface area (Å²) < 4.78 is 5.57. The zero-order chi connectivity index (χ0) is 19.4. The normalized spacial score (nSPS) is 13.3. The predicted molar refractivity (Wildman–Crippen MR) is 114 cm³/mol. The van der Waals surface area contributed by atoms with E-state index in [9.17, 15) is 0 Å². The highest BCUT2D eigenvalue weighted by molar-refractivity contribution is 5.64. The molecule has 1 heteroatoms. The number of benzene rings is 2. The second-order valence-corrected chi connectivity index (χ2v) is 8.79. The standard InChI is InChI=1S/C25H32O/c1-24(2,3)21-15-11-19(12-16-21)9-8-10-23(26-7)20-13-17-22(18-14-20)25(4,5)6/h8-18H,1-7H3/b9-8+,23-10+. The van der Waals surface area contributed by atoms with Crippen molar-refractivity contribution in [1.82, 2.24) is 0 Å². The summed E-state index contributed by atoms with van der Waals surface area (Å²) in [5.74, 6) is 0.869. The Labute approximate surface area is 159 Å². The lowest BCUT2D eigenvalue weighted by Gasteiger charge is -2.19. The van der Waals surface area contributed by atoms with Crippen LogP contribution in [0.5, 0.6) is 0 Å². The summed E-state index contributed by atoms with van der Waals surface area (Å²) in [7, 11) is 1.72. The molecule has 2 aromatic carbocycles. The van der Waals surface area contributed by atoms with E-state index in [1.54, 1.807) is 7.11 Å². The highest BCUT2D eigenvalue weighted by Gasteiger charge is 2.14. The molecule has 2 aromatic rings. The van der Waals surface area contributed by atoms with Crippen molar-refractivity contribution >= 4 is 11.8 Å². The van der Waals surface area contributed by atoms with E-state index in [4.69, 9.17) is 4.74 Å². The Kier molecular flexibility index (Phi) is 6.13. The summed E-state index contributed by atoms with van der Waals surface area (Å²) in [6.45, 7) is 13.4. The number of ether oxygens (including phenoxy) is 1. The first-order chi connectivity index (χ1) is 12.1. The van der Waals surface area contributed by atoms with E-state index in [0.29, 0.717) is 0 Å². The van der Waals surface area contributed by atoms with Crippen LogP contribution < -0.4 is 0 Å². The van der Waals surface area contributed by atoms with Crippen molar-refractivity contribution in [2.45, 2.75) is 52.4 Å². The lowest BCUT2D eigenvalue weighted by Crippen LogP contribution is -2.10. The van der Waals surface area contributed by atoms with Gasteiger partial charge in [0.05, 0.1) is 7.11 Å². The Bertz CT molecular complexity index is 761. The Morgan fingerprint density at radius 2 is 1.19 bits per heavy atom. The molecule has 0 radical (unpaired) electrons. The molecule has 0 unspecified atom stereocenters. The van der Waals surface area contributed by atoms with Crippen LogP contribution in [0.25, 0.3) is 11.8 Å². The van der Waals surface area contributed by atoms with Crippen LogP contribution in [-0.4, -0.2) is 7.11 Å². The quantitative estimate of drug-likeness (QED) is 0.427. The molecule has 0 atom stereocenters. The number of hydrogen-bond acceptors (Lipinski definition) is 1. The molecule has 0 aromatic heterocycles. The van der Waals surface area contributed by atoms with Crippen molar-refractivity contribution in [2.24, 2.45) is 0 Å². The van der Waals surface area contributed by atoms with E-state index in [-0.39, 0.29) is 10.8 Å². The zero-order valence-electron chi connectivity index (χ0n) is 17.3. The lowest BCUT2D eigenvalue weighted by molar-refractivity contribution is 0.370. The van der Waals surface area contributed by atoms with Gasteiger partial charge < -0.3 is 4.74 Å². The molecule has 138 valence electrons. The van der Waals surface area contributed by atoms with Gasteiger partial charge in [-0.15, -0.1) is 0 Å². The number of rotatable bonds is 4. The third-order valence-electron chi connectivity index (χ3n) is 4.57. The molecule has 0 saturated heterocycles. The maximum Gasteiger partial charge on any atom is 0.126 e. The molecule has 0 spiro atoms. The molecule has 0 heterocycles. The van der Waals surface area contributed by atoms with Crippen LogP contribution in [-0.2, 0) is 15.6 Å². The van der Waals surface area contributed by atoms with Gasteiger partial charge in [-0.1, -0.05) is 102 Å². The second kappa shape index (κ2) is 7.95. The van der Waals surface area contributed by atoms with Crippen molar-refractivity contribution in [3.05, 3.63) is 82.9 Å². The van der Waals surface area contributed by atoms with Gasteiger partial charge in [-0.2, -0.15) is 0 Å². The van der Waals surface area contributed by atoms with Crippen molar-refractivity contribution in [3.63, 3.8) is 0 Å². The van der Waals surface area contributed by atoms with Crippen LogP contribution in [0.15, 0.2) is 60.7 Å². The molecule has 0 N–H and O–H groups in total. The third kappa shape index (κ3) is 5.36. The van der Waals surface area contributed by atoms with E-state index in [1.165, 1.54) is 16.7 Å². The number of hydrogen-bond donors (Lipinski definition) is 0. The molecule has 1 nitrogen and oxygen atoms in total. The van der Waals surface area contributed by atoms with Gasteiger partial charge in [0.25, 0.3) is 0 Å². The third-order valence-corrected chi connectivity index (χ3v) is 4.57. The molecule has 0 amide bonds. The number of allylic oxidation sites excluding steroid dienone is 2. The molecule has 0 aliphatic heterocycles. The minimum absolute atomic E-state index is 0.161. The fraction of sp³-hybridized carbons (Fsp3) is 0.360. The van der Waals surface area contributed by atoms with Gasteiger partial charge in [0.1, 0.15) is 5.76 Å². The van der Waals surface area contributed by atoms with Gasteiger partial charge in [0.2, 0.25) is 0 Å². The smallest absolute Gasteiger partial charge is 0.126 e. The fourth-order valence-corrected chi connectivity index (χ4v) is 2.76. The van der Waals surface area contributed by atoms with Crippen molar-refractivity contribution in [2.75, 3.05) is 7.11 Å². The van der Waals surface area contributed by atoms with E-state index in [1.807, 2.05) is 12.2 Å². The summed E-state index contributed by atoms with van der Waals surface area (Å²) >= 11 is 0. The second-order valence-electron chi connectivity index (χ2n) is 8.79. The van der Waals surface area contributed by atoms with Crippen LogP contribution in [0.2, 0.25) is 0 Å². The van der Waals surface area contributed by atoms with Crippen LogP contribution in [0.4, 0.5) is 0 Å². The summed E-state index contributed by atoms with van der Waals surface area (Å²) in [5, 5.41) is 0. The maximum absolute atomic E-state index is 5.57. The maximum atomic E-state index is 5.57. The molecule has 0 aliphatic rings. The van der Waals surface area contributed by atoms with E-state index < -0.39 is 0 Å². The van der Waals surface area contributed by atoms with Crippen molar-refractivity contribution < 1.29 is 4.74 Å². The minimum Gasteiger partial charge on any atom is -0.496 e. The van der Waals surface area contributed by atoms with Gasteiger partial charge in [-0.25, -0.2) is 0 Å². The largest absolute Gasteiger partial charge is 0.496 e. The van der Waals surface area contributed by atoms with Gasteiger partial charge in [-0.3, -0.25) is 0 Å². The highest BCUT2D eigenvalue weighted by Crippen LogP contribution is 2.25. The molecular formula is C25H32O. The fourth-order valence-electron chi connectivity index (χ4n) is 2.76. The molecule has 0 fully saturated rings. The molecule has 2 rings (SSSR count). The van der Waals surface area contributed by atoms with E-state index in [0.717, 1.165) is 11.3 Å². The Balaban J connectivity index is 2.15. The Morgan fingerprint density at radius 1 is 0.731 bits per heavy atom. The van der Waals surface area contributed by atoms with Crippen LogP contribution >= 0.6 is 0 Å². The van der Waals surface area contributed by atoms with Crippen LogP contribution in [0, 0.1) is 0 Å². The highest BCUT2D eigenvalue weighted by atomic mass is 16.5. The monoisotopic (exact) mass is 348 g/mol. The zero-order valence-corrected chi connectivity index (χ0v) is 17.3. The van der Waals surface area contributed by atoms with Crippen LogP contribution in [0.1, 0.15) is 63.8 Å². The predicted octanol–water partition coefficient (Wildman–Crippen LogP) is 6.98. The molecule has 0 saturated carbocycles. The summed E-state index contributed by atoms with van der Waals surface area (Å²) in [5.41, 5.74) is 5.30.